The van der Waals surface area contributed by atoms with Crippen LogP contribution in [0, 0.1) is 15.9 Å². The van der Waals surface area contributed by atoms with E-state index in [0.29, 0.717) is 13.2 Å². The SMILES string of the molecule is CC1CNCC(COCc2cccc([N+](=O)[O-])c2F)O1. The van der Waals surface area contributed by atoms with Gasteiger partial charge in [0.05, 0.1) is 30.3 Å². The van der Waals surface area contributed by atoms with Crippen molar-refractivity contribution in [2.75, 3.05) is 19.7 Å². The third-order valence-electron chi connectivity index (χ3n) is 3.04. The fraction of sp³-hybridized carbons (Fsp3) is 0.538. The van der Waals surface area contributed by atoms with Crippen LogP contribution in [-0.2, 0) is 16.1 Å². The largest absolute Gasteiger partial charge is 0.374 e. The third-order valence-corrected chi connectivity index (χ3v) is 3.04. The molecule has 0 spiro atoms. The summed E-state index contributed by atoms with van der Waals surface area (Å²) in [6.45, 7) is 3.75. The average molecular weight is 284 g/mol. The lowest BCUT2D eigenvalue weighted by atomic mass is 10.2. The van der Waals surface area contributed by atoms with Crippen molar-refractivity contribution in [3.05, 3.63) is 39.7 Å². The minimum atomic E-state index is -0.839. The minimum Gasteiger partial charge on any atom is -0.374 e. The lowest BCUT2D eigenvalue weighted by molar-refractivity contribution is -0.387. The summed E-state index contributed by atoms with van der Waals surface area (Å²) in [4.78, 5) is 9.89. The molecule has 1 saturated heterocycles. The van der Waals surface area contributed by atoms with Crippen LogP contribution in [0.4, 0.5) is 10.1 Å². The first-order valence-corrected chi connectivity index (χ1v) is 6.43. The van der Waals surface area contributed by atoms with Crippen LogP contribution in [0.2, 0.25) is 0 Å². The molecule has 1 aliphatic rings. The summed E-state index contributed by atoms with van der Waals surface area (Å²) in [6.07, 6.45) is 0.0346. The van der Waals surface area contributed by atoms with Crippen LogP contribution in [0.1, 0.15) is 12.5 Å². The Morgan fingerprint density at radius 1 is 1.55 bits per heavy atom. The van der Waals surface area contributed by atoms with Gasteiger partial charge in [-0.25, -0.2) is 0 Å². The highest BCUT2D eigenvalue weighted by atomic mass is 19.1. The molecule has 7 heteroatoms. The maximum Gasteiger partial charge on any atom is 0.305 e. The van der Waals surface area contributed by atoms with Crippen molar-refractivity contribution in [3.63, 3.8) is 0 Å². The Bertz CT molecular complexity index is 483. The second kappa shape index (κ2) is 6.74. The van der Waals surface area contributed by atoms with Gasteiger partial charge in [0.25, 0.3) is 0 Å². The van der Waals surface area contributed by atoms with Gasteiger partial charge in [0.1, 0.15) is 0 Å². The number of nitrogens with zero attached hydrogens (tertiary/aromatic N) is 1. The highest BCUT2D eigenvalue weighted by molar-refractivity contribution is 5.36. The number of hydrogen-bond acceptors (Lipinski definition) is 5. The molecule has 1 heterocycles. The predicted molar refractivity (Wildman–Crippen MR) is 69.9 cm³/mol. The van der Waals surface area contributed by atoms with Crippen molar-refractivity contribution < 1.29 is 18.8 Å². The molecule has 6 nitrogen and oxygen atoms in total. The molecule has 0 saturated carbocycles. The van der Waals surface area contributed by atoms with Gasteiger partial charge >= 0.3 is 5.69 Å². The number of halogens is 1. The molecule has 0 aromatic heterocycles. The Labute approximate surface area is 116 Å². The van der Waals surface area contributed by atoms with Crippen LogP contribution < -0.4 is 5.32 Å². The van der Waals surface area contributed by atoms with Crippen molar-refractivity contribution >= 4 is 5.69 Å². The maximum atomic E-state index is 13.8. The fourth-order valence-electron chi connectivity index (χ4n) is 2.09. The lowest BCUT2D eigenvalue weighted by Crippen LogP contribution is -2.45. The number of benzene rings is 1. The molecule has 0 amide bonds. The molecule has 0 bridgehead atoms. The molecule has 1 aromatic carbocycles. The van der Waals surface area contributed by atoms with Crippen LogP contribution in [0.25, 0.3) is 0 Å². The smallest absolute Gasteiger partial charge is 0.305 e. The molecule has 1 aromatic rings. The number of nitrogens with one attached hydrogen (secondary N) is 1. The van der Waals surface area contributed by atoms with Crippen molar-refractivity contribution in [2.24, 2.45) is 0 Å². The van der Waals surface area contributed by atoms with Gasteiger partial charge in [0.2, 0.25) is 5.82 Å². The summed E-state index contributed by atoms with van der Waals surface area (Å²) in [7, 11) is 0. The standard InChI is InChI=1S/C13H17FN2O4/c1-9-5-15-6-11(20-9)8-19-7-10-3-2-4-12(13(10)14)16(17)18/h2-4,9,11,15H,5-8H2,1H3. The van der Waals surface area contributed by atoms with Crippen molar-refractivity contribution in [1.29, 1.82) is 0 Å². The Balaban J connectivity index is 1.88. The van der Waals surface area contributed by atoms with Gasteiger partial charge < -0.3 is 14.8 Å². The number of morpholine rings is 1. The first-order valence-electron chi connectivity index (χ1n) is 6.43. The molecular formula is C13H17FN2O4. The van der Waals surface area contributed by atoms with E-state index in [9.17, 15) is 14.5 Å². The van der Waals surface area contributed by atoms with Crippen molar-refractivity contribution in [2.45, 2.75) is 25.7 Å². The fourth-order valence-corrected chi connectivity index (χ4v) is 2.09. The van der Waals surface area contributed by atoms with Crippen LogP contribution in [0.15, 0.2) is 18.2 Å². The molecule has 2 rings (SSSR count). The Hall–Kier alpha value is -1.57. The van der Waals surface area contributed by atoms with Gasteiger partial charge in [-0.1, -0.05) is 12.1 Å². The zero-order chi connectivity index (χ0) is 14.5. The topological polar surface area (TPSA) is 73.6 Å². The average Bonchev–Trinajstić information content (AvgIpc) is 2.40. The number of nitro benzene ring substituents is 1. The second-order valence-corrected chi connectivity index (χ2v) is 4.75. The summed E-state index contributed by atoms with van der Waals surface area (Å²) >= 11 is 0. The molecule has 0 radical (unpaired) electrons. The normalized spacial score (nSPS) is 22.7. The summed E-state index contributed by atoms with van der Waals surface area (Å²) in [5.74, 6) is -0.839. The van der Waals surface area contributed by atoms with E-state index in [2.05, 4.69) is 5.32 Å². The quantitative estimate of drug-likeness (QED) is 0.657. The lowest BCUT2D eigenvalue weighted by Gasteiger charge is -2.28. The Kier molecular flexibility index (Phi) is 4.99. The molecule has 0 aliphatic carbocycles. The van der Waals surface area contributed by atoms with Crippen LogP contribution in [0.5, 0.6) is 0 Å². The summed E-state index contributed by atoms with van der Waals surface area (Å²) < 4.78 is 24.8. The highest BCUT2D eigenvalue weighted by Gasteiger charge is 2.20. The molecule has 1 N–H and O–H groups in total. The van der Waals surface area contributed by atoms with E-state index in [0.717, 1.165) is 12.6 Å². The van der Waals surface area contributed by atoms with Gasteiger partial charge in [0.15, 0.2) is 0 Å². The molecule has 110 valence electrons. The van der Waals surface area contributed by atoms with Crippen LogP contribution in [-0.4, -0.2) is 36.8 Å². The van der Waals surface area contributed by atoms with Crippen molar-refractivity contribution in [1.82, 2.24) is 5.32 Å². The Morgan fingerprint density at radius 2 is 2.35 bits per heavy atom. The predicted octanol–water partition coefficient (Wildman–Crippen LogP) is 1.63. The van der Waals surface area contributed by atoms with Crippen LogP contribution in [0.3, 0.4) is 0 Å². The minimum absolute atomic E-state index is 0.0121. The van der Waals surface area contributed by atoms with E-state index in [1.807, 2.05) is 6.92 Å². The summed E-state index contributed by atoms with van der Waals surface area (Å²) in [5.41, 5.74) is -0.355. The van der Waals surface area contributed by atoms with Gasteiger partial charge in [0, 0.05) is 24.7 Å². The number of rotatable bonds is 5. The van der Waals surface area contributed by atoms with Crippen molar-refractivity contribution in [3.8, 4) is 0 Å². The summed E-state index contributed by atoms with van der Waals surface area (Å²) in [6, 6.07) is 4.06. The third kappa shape index (κ3) is 3.72. The molecular weight excluding hydrogens is 267 g/mol. The van der Waals surface area contributed by atoms with E-state index in [1.165, 1.54) is 12.1 Å². The van der Waals surface area contributed by atoms with E-state index in [4.69, 9.17) is 9.47 Å². The molecule has 20 heavy (non-hydrogen) atoms. The molecule has 1 aliphatic heterocycles. The molecule has 2 atom stereocenters. The van der Waals surface area contributed by atoms with E-state index in [-0.39, 0.29) is 24.4 Å². The zero-order valence-electron chi connectivity index (χ0n) is 11.2. The molecule has 2 unspecified atom stereocenters. The van der Waals surface area contributed by atoms with Gasteiger partial charge in [-0.3, -0.25) is 10.1 Å². The monoisotopic (exact) mass is 284 g/mol. The first-order chi connectivity index (χ1) is 9.58. The Morgan fingerprint density at radius 3 is 3.05 bits per heavy atom. The van der Waals surface area contributed by atoms with Crippen LogP contribution >= 0.6 is 0 Å². The maximum absolute atomic E-state index is 13.8. The summed E-state index contributed by atoms with van der Waals surface area (Å²) in [5, 5.41) is 13.8. The number of ether oxygens (including phenoxy) is 2. The number of nitro groups is 1. The second-order valence-electron chi connectivity index (χ2n) is 4.75. The van der Waals surface area contributed by atoms with E-state index < -0.39 is 16.4 Å². The van der Waals surface area contributed by atoms with E-state index in [1.54, 1.807) is 0 Å². The zero-order valence-corrected chi connectivity index (χ0v) is 11.2. The van der Waals surface area contributed by atoms with Gasteiger partial charge in [-0.2, -0.15) is 4.39 Å². The first kappa shape index (κ1) is 14.8. The highest BCUT2D eigenvalue weighted by Crippen LogP contribution is 2.20. The van der Waals surface area contributed by atoms with Gasteiger partial charge in [-0.15, -0.1) is 0 Å². The van der Waals surface area contributed by atoms with E-state index >= 15 is 0 Å². The number of hydrogen-bond donors (Lipinski definition) is 1. The van der Waals surface area contributed by atoms with Gasteiger partial charge in [-0.05, 0) is 6.92 Å². The molecule has 1 fully saturated rings.